The third-order valence-electron chi connectivity index (χ3n) is 2.65. The van der Waals surface area contributed by atoms with E-state index < -0.39 is 0 Å². The molecule has 0 N–H and O–H groups in total. The number of benzene rings is 1. The van der Waals surface area contributed by atoms with Crippen LogP contribution in [0.4, 0.5) is 0 Å². The van der Waals surface area contributed by atoms with E-state index in [2.05, 4.69) is 24.3 Å². The molecular weight excluding hydrogens is 176 g/mol. The number of carbonyl (C=O) groups is 1. The number of esters is 1. The number of hydrogen-bond donors (Lipinski definition) is 0. The second-order valence-electron chi connectivity index (χ2n) is 3.82. The summed E-state index contributed by atoms with van der Waals surface area (Å²) in [4.78, 5) is 10.6. The summed E-state index contributed by atoms with van der Waals surface area (Å²) >= 11 is 0. The molecule has 1 fully saturated rings. The van der Waals surface area contributed by atoms with Crippen LogP contribution in [0.1, 0.15) is 24.8 Å². The van der Waals surface area contributed by atoms with Crippen molar-refractivity contribution in [3.8, 4) is 0 Å². The van der Waals surface area contributed by atoms with E-state index in [0.717, 1.165) is 6.42 Å². The van der Waals surface area contributed by atoms with Gasteiger partial charge in [-0.2, -0.15) is 0 Å². The Labute approximate surface area is 83.9 Å². The Morgan fingerprint density at radius 1 is 1.43 bits per heavy atom. The Bertz CT molecular complexity index is 318. The molecule has 14 heavy (non-hydrogen) atoms. The average molecular weight is 190 g/mol. The molecule has 0 radical (unpaired) electrons. The Hall–Kier alpha value is -1.31. The number of carbonyl (C=O) groups excluding carboxylic acids is 1. The highest BCUT2D eigenvalue weighted by molar-refractivity contribution is 5.65. The fraction of sp³-hybridized carbons (Fsp3) is 0.417. The Kier molecular flexibility index (Phi) is 2.53. The molecule has 0 amide bonds. The van der Waals surface area contributed by atoms with Gasteiger partial charge in [0.1, 0.15) is 0 Å². The SMILES string of the molecule is CC(=O)OCC1CC1c1ccccc1. The van der Waals surface area contributed by atoms with Crippen molar-refractivity contribution in [1.29, 1.82) is 0 Å². The van der Waals surface area contributed by atoms with E-state index in [0.29, 0.717) is 18.4 Å². The molecule has 1 aliphatic rings. The molecule has 1 aromatic rings. The highest BCUT2D eigenvalue weighted by Crippen LogP contribution is 2.47. The van der Waals surface area contributed by atoms with Gasteiger partial charge < -0.3 is 4.74 Å². The predicted molar refractivity (Wildman–Crippen MR) is 53.9 cm³/mol. The molecule has 0 saturated heterocycles. The van der Waals surface area contributed by atoms with Gasteiger partial charge in [-0.05, 0) is 17.9 Å². The van der Waals surface area contributed by atoms with E-state index >= 15 is 0 Å². The molecule has 0 aromatic heterocycles. The molecule has 0 bridgehead atoms. The predicted octanol–water partition coefficient (Wildman–Crippen LogP) is 2.35. The summed E-state index contributed by atoms with van der Waals surface area (Å²) < 4.78 is 4.98. The monoisotopic (exact) mass is 190 g/mol. The zero-order valence-corrected chi connectivity index (χ0v) is 8.27. The van der Waals surface area contributed by atoms with Crippen LogP contribution < -0.4 is 0 Å². The lowest BCUT2D eigenvalue weighted by Crippen LogP contribution is -2.02. The van der Waals surface area contributed by atoms with E-state index in [1.54, 1.807) is 0 Å². The van der Waals surface area contributed by atoms with Crippen molar-refractivity contribution < 1.29 is 9.53 Å². The highest BCUT2D eigenvalue weighted by Gasteiger charge is 2.38. The first kappa shape index (κ1) is 9.25. The van der Waals surface area contributed by atoms with E-state index in [-0.39, 0.29) is 5.97 Å². The van der Waals surface area contributed by atoms with Crippen molar-refractivity contribution >= 4 is 5.97 Å². The molecule has 0 heterocycles. The van der Waals surface area contributed by atoms with Crippen LogP contribution in [-0.2, 0) is 9.53 Å². The third-order valence-corrected chi connectivity index (χ3v) is 2.65. The van der Waals surface area contributed by atoms with Crippen LogP contribution in [0, 0.1) is 5.92 Å². The van der Waals surface area contributed by atoms with Gasteiger partial charge in [0.15, 0.2) is 0 Å². The zero-order valence-electron chi connectivity index (χ0n) is 8.27. The van der Waals surface area contributed by atoms with Crippen LogP contribution in [0.2, 0.25) is 0 Å². The van der Waals surface area contributed by atoms with Gasteiger partial charge in [-0.3, -0.25) is 4.79 Å². The maximum Gasteiger partial charge on any atom is 0.302 e. The van der Waals surface area contributed by atoms with Crippen LogP contribution in [-0.4, -0.2) is 12.6 Å². The second kappa shape index (κ2) is 3.82. The lowest BCUT2D eigenvalue weighted by molar-refractivity contribution is -0.141. The molecule has 2 nitrogen and oxygen atoms in total. The van der Waals surface area contributed by atoms with Gasteiger partial charge in [0.25, 0.3) is 0 Å². The summed E-state index contributed by atoms with van der Waals surface area (Å²) in [5, 5.41) is 0. The minimum absolute atomic E-state index is 0.177. The second-order valence-corrected chi connectivity index (χ2v) is 3.82. The maximum atomic E-state index is 10.6. The van der Waals surface area contributed by atoms with E-state index in [1.807, 2.05) is 6.07 Å². The molecule has 2 rings (SSSR count). The van der Waals surface area contributed by atoms with Gasteiger partial charge in [-0.15, -0.1) is 0 Å². The number of hydrogen-bond acceptors (Lipinski definition) is 2. The van der Waals surface area contributed by atoms with Crippen molar-refractivity contribution in [1.82, 2.24) is 0 Å². The molecule has 1 aliphatic carbocycles. The third kappa shape index (κ3) is 2.13. The molecular formula is C12H14O2. The topological polar surface area (TPSA) is 26.3 Å². The maximum absolute atomic E-state index is 10.6. The fourth-order valence-electron chi connectivity index (χ4n) is 1.76. The summed E-state index contributed by atoms with van der Waals surface area (Å²) in [6.45, 7) is 2.04. The molecule has 2 atom stereocenters. The number of rotatable bonds is 3. The highest BCUT2D eigenvalue weighted by atomic mass is 16.5. The first-order valence-corrected chi connectivity index (χ1v) is 4.95. The molecule has 0 spiro atoms. The standard InChI is InChI=1S/C12H14O2/c1-9(13)14-8-11-7-12(11)10-5-3-2-4-6-10/h2-6,11-12H,7-8H2,1H3. The summed E-state index contributed by atoms with van der Waals surface area (Å²) in [5.74, 6) is 0.973. The van der Waals surface area contributed by atoms with Gasteiger partial charge in [0.05, 0.1) is 6.61 Å². The van der Waals surface area contributed by atoms with Crippen molar-refractivity contribution in [3.05, 3.63) is 35.9 Å². The first-order valence-electron chi connectivity index (χ1n) is 4.95. The molecule has 2 unspecified atom stereocenters. The van der Waals surface area contributed by atoms with Gasteiger partial charge in [-0.1, -0.05) is 30.3 Å². The minimum atomic E-state index is -0.177. The van der Waals surface area contributed by atoms with Crippen molar-refractivity contribution in [3.63, 3.8) is 0 Å². The van der Waals surface area contributed by atoms with Crippen LogP contribution in [0.15, 0.2) is 30.3 Å². The van der Waals surface area contributed by atoms with Gasteiger partial charge in [0.2, 0.25) is 0 Å². The minimum Gasteiger partial charge on any atom is -0.466 e. The normalized spacial score (nSPS) is 24.4. The van der Waals surface area contributed by atoms with Crippen LogP contribution >= 0.6 is 0 Å². The zero-order chi connectivity index (χ0) is 9.97. The summed E-state index contributed by atoms with van der Waals surface area (Å²) in [7, 11) is 0. The Balaban J connectivity index is 1.85. The Morgan fingerprint density at radius 3 is 2.79 bits per heavy atom. The van der Waals surface area contributed by atoms with Gasteiger partial charge in [0, 0.05) is 12.8 Å². The first-order chi connectivity index (χ1) is 6.77. The summed E-state index contributed by atoms with van der Waals surface area (Å²) in [5.41, 5.74) is 1.37. The molecule has 0 aliphatic heterocycles. The van der Waals surface area contributed by atoms with Crippen molar-refractivity contribution in [2.24, 2.45) is 5.92 Å². The molecule has 74 valence electrons. The van der Waals surface area contributed by atoms with E-state index in [4.69, 9.17) is 4.74 Å². The van der Waals surface area contributed by atoms with Crippen LogP contribution in [0.25, 0.3) is 0 Å². The number of ether oxygens (including phenoxy) is 1. The lowest BCUT2D eigenvalue weighted by atomic mass is 10.1. The van der Waals surface area contributed by atoms with Crippen molar-refractivity contribution in [2.45, 2.75) is 19.3 Å². The largest absolute Gasteiger partial charge is 0.466 e. The summed E-state index contributed by atoms with van der Waals surface area (Å²) in [6.07, 6.45) is 1.15. The quantitative estimate of drug-likeness (QED) is 0.684. The lowest BCUT2D eigenvalue weighted by Gasteiger charge is -2.01. The van der Waals surface area contributed by atoms with Gasteiger partial charge >= 0.3 is 5.97 Å². The smallest absolute Gasteiger partial charge is 0.302 e. The van der Waals surface area contributed by atoms with Gasteiger partial charge in [-0.25, -0.2) is 0 Å². The molecule has 2 heteroatoms. The Morgan fingerprint density at radius 2 is 2.14 bits per heavy atom. The van der Waals surface area contributed by atoms with Crippen LogP contribution in [0.3, 0.4) is 0 Å². The van der Waals surface area contributed by atoms with Crippen molar-refractivity contribution in [2.75, 3.05) is 6.61 Å². The van der Waals surface area contributed by atoms with E-state index in [1.165, 1.54) is 12.5 Å². The molecule has 1 aromatic carbocycles. The summed E-state index contributed by atoms with van der Waals surface area (Å²) in [6, 6.07) is 10.4. The fourth-order valence-corrected chi connectivity index (χ4v) is 1.76. The van der Waals surface area contributed by atoms with E-state index in [9.17, 15) is 4.79 Å². The van der Waals surface area contributed by atoms with Crippen LogP contribution in [0.5, 0.6) is 0 Å². The average Bonchev–Trinajstić information content (AvgIpc) is 2.95. The molecule has 1 saturated carbocycles.